The van der Waals surface area contributed by atoms with Crippen molar-refractivity contribution in [2.24, 2.45) is 35.5 Å². The number of fused-ring (bicyclic) bond motifs is 3. The average molecular weight is 980 g/mol. The molecule has 0 unspecified atom stereocenters. The van der Waals surface area contributed by atoms with Crippen LogP contribution in [0.4, 0.5) is 0 Å². The Kier molecular flexibility index (Phi) is 20.9. The molecule has 0 spiro atoms. The summed E-state index contributed by atoms with van der Waals surface area (Å²) in [5.74, 6) is -7.96. The number of thiophene rings is 1. The van der Waals surface area contributed by atoms with Gasteiger partial charge < -0.3 is 39.2 Å². The van der Waals surface area contributed by atoms with Crippen molar-refractivity contribution in [3.05, 3.63) is 69.5 Å². The fourth-order valence-corrected chi connectivity index (χ4v) is 11.9. The molecule has 1 saturated carbocycles. The summed E-state index contributed by atoms with van der Waals surface area (Å²) in [6, 6.07) is 3.02. The highest BCUT2D eigenvalue weighted by atomic mass is 32.1. The number of rotatable bonds is 6. The van der Waals surface area contributed by atoms with Gasteiger partial charge in [-0.3, -0.25) is 19.2 Å². The summed E-state index contributed by atoms with van der Waals surface area (Å²) >= 11 is 1.67. The molecule has 69 heavy (non-hydrogen) atoms. The normalized spacial score (nSPS) is 38.8. The van der Waals surface area contributed by atoms with E-state index < -0.39 is 77.8 Å². The zero-order valence-corrected chi connectivity index (χ0v) is 43.6. The van der Waals surface area contributed by atoms with Gasteiger partial charge in [-0.2, -0.15) is 0 Å². The molecule has 3 fully saturated rings. The van der Waals surface area contributed by atoms with E-state index in [-0.39, 0.29) is 60.7 Å². The first-order valence-corrected chi connectivity index (χ1v) is 26.2. The van der Waals surface area contributed by atoms with Crippen molar-refractivity contribution in [1.82, 2.24) is 4.90 Å². The molecule has 1 amide bonds. The van der Waals surface area contributed by atoms with E-state index >= 15 is 0 Å². The number of methoxy groups -OCH3 is 2. The van der Waals surface area contributed by atoms with Gasteiger partial charge in [-0.1, -0.05) is 76.6 Å². The van der Waals surface area contributed by atoms with Crippen LogP contribution in [-0.4, -0.2) is 119 Å². The number of aryl methyl sites for hydroxylation is 1. The lowest BCUT2D eigenvalue weighted by Gasteiger charge is -2.43. The number of ether oxygens (including phenoxy) is 4. The van der Waals surface area contributed by atoms with Crippen LogP contribution in [-0.2, 0) is 42.9 Å². The number of aliphatic hydroxyl groups excluding tert-OH is 2. The number of esters is 1. The van der Waals surface area contributed by atoms with Crippen LogP contribution in [0.15, 0.2) is 59.7 Å². The summed E-state index contributed by atoms with van der Waals surface area (Å²) in [5, 5.41) is 34.2. The molecule has 1 aromatic heterocycles. The molecule has 4 aliphatic rings. The van der Waals surface area contributed by atoms with E-state index in [1.54, 1.807) is 45.3 Å². The Hall–Kier alpha value is -3.63. The van der Waals surface area contributed by atoms with Crippen LogP contribution in [0.25, 0.3) is 0 Å². The molecule has 14 heteroatoms. The summed E-state index contributed by atoms with van der Waals surface area (Å²) < 4.78 is 23.9. The maximum atomic E-state index is 14.5. The Balaban J connectivity index is 1.50. The number of hydrogen-bond donors (Lipinski definition) is 3. The molecular weight excluding hydrogens is 899 g/mol. The number of Topliss-reactive ketones (excluding diaryl/α,β-unsaturated/α-hetero) is 3. The minimum Gasteiger partial charge on any atom is -0.460 e. The Morgan fingerprint density at radius 2 is 1.61 bits per heavy atom. The molecule has 0 aromatic carbocycles. The number of allylic oxidation sites excluding steroid dienone is 7. The molecule has 3 aliphatic heterocycles. The summed E-state index contributed by atoms with van der Waals surface area (Å²) in [7, 11) is 2.96. The van der Waals surface area contributed by atoms with Gasteiger partial charge >= 0.3 is 5.97 Å². The maximum absolute atomic E-state index is 14.5. The van der Waals surface area contributed by atoms with Crippen LogP contribution < -0.4 is 0 Å². The second-order valence-electron chi connectivity index (χ2n) is 20.9. The summed E-state index contributed by atoms with van der Waals surface area (Å²) in [5.41, 5.74) is 1.44. The summed E-state index contributed by atoms with van der Waals surface area (Å²) in [6.07, 6.45) is 12.3. The van der Waals surface area contributed by atoms with E-state index in [0.29, 0.717) is 63.4 Å². The highest BCUT2D eigenvalue weighted by molar-refractivity contribution is 7.12. The van der Waals surface area contributed by atoms with E-state index in [0.717, 1.165) is 21.7 Å². The number of cyclic esters (lactones) is 1. The minimum absolute atomic E-state index is 0.0241. The van der Waals surface area contributed by atoms with Crippen molar-refractivity contribution in [2.75, 3.05) is 20.8 Å². The van der Waals surface area contributed by atoms with Crippen molar-refractivity contribution < 1.29 is 58.2 Å². The number of aliphatic hydroxyl groups is 3. The van der Waals surface area contributed by atoms with Crippen LogP contribution in [0.2, 0.25) is 0 Å². The molecule has 384 valence electrons. The van der Waals surface area contributed by atoms with E-state index in [4.69, 9.17) is 18.9 Å². The largest absolute Gasteiger partial charge is 0.460 e. The van der Waals surface area contributed by atoms with Crippen LogP contribution in [0.5, 0.6) is 0 Å². The zero-order valence-electron chi connectivity index (χ0n) is 42.8. The standard InChI is InChI=1S/C55H81NO12S/c1-32-16-12-11-13-17-33(2)42(48-24-20-39(8)69-48)30-41-22-19-38(7)55(64,68-41)52(61)53(62)56-25-15-14-18-43(56)54(63)67-46(35(4)28-40-21-23-44(57)47(29-40)65-9)31-45(58)34(3)27-37(6)50(60)51(66-10)49(59)36(5)26-32/h11-13,16-17,20,24,27,32,34-36,38,40-44,46-47,50-51,57,60,64H,14-15,18-19,21-23,25-26,28-31H2,1-10H3/b13-11+,16-12-,33-17+,37-27+/t32-,34-,35-,36-,38-,40+,41+,42+,43+,44-,46+,47-,50-,51+,55-/m1/s1. The van der Waals surface area contributed by atoms with E-state index in [2.05, 4.69) is 12.1 Å². The summed E-state index contributed by atoms with van der Waals surface area (Å²) in [6.45, 7) is 15.0. The van der Waals surface area contributed by atoms with E-state index in [1.807, 2.05) is 65.0 Å². The third kappa shape index (κ3) is 14.5. The van der Waals surface area contributed by atoms with Gasteiger partial charge in [0.1, 0.15) is 30.1 Å². The lowest BCUT2D eigenvalue weighted by molar-refractivity contribution is -0.264. The van der Waals surface area contributed by atoms with Crippen molar-refractivity contribution in [3.8, 4) is 0 Å². The topological polar surface area (TPSA) is 186 Å². The maximum Gasteiger partial charge on any atom is 0.329 e. The van der Waals surface area contributed by atoms with Gasteiger partial charge in [0.2, 0.25) is 5.79 Å². The Bertz CT molecular complexity index is 2060. The molecule has 1 aromatic rings. The van der Waals surface area contributed by atoms with Crippen LogP contribution >= 0.6 is 11.3 Å². The van der Waals surface area contributed by atoms with Gasteiger partial charge in [0.25, 0.3) is 11.7 Å². The predicted molar refractivity (Wildman–Crippen MR) is 266 cm³/mol. The van der Waals surface area contributed by atoms with Gasteiger partial charge in [-0.15, -0.1) is 11.3 Å². The van der Waals surface area contributed by atoms with Gasteiger partial charge in [0.15, 0.2) is 5.78 Å². The smallest absolute Gasteiger partial charge is 0.329 e. The number of piperidine rings is 1. The van der Waals surface area contributed by atoms with E-state index in [9.17, 15) is 39.3 Å². The van der Waals surface area contributed by atoms with Crippen molar-refractivity contribution in [1.29, 1.82) is 0 Å². The second kappa shape index (κ2) is 25.7. The molecule has 4 heterocycles. The Labute approximate surface area is 414 Å². The monoisotopic (exact) mass is 980 g/mol. The molecule has 2 saturated heterocycles. The minimum atomic E-state index is -2.42. The van der Waals surface area contributed by atoms with Gasteiger partial charge in [-0.25, -0.2) is 4.79 Å². The number of hydrogen-bond acceptors (Lipinski definition) is 13. The zero-order chi connectivity index (χ0) is 50.7. The van der Waals surface area contributed by atoms with Crippen LogP contribution in [0, 0.1) is 42.4 Å². The van der Waals surface area contributed by atoms with Crippen molar-refractivity contribution >= 4 is 40.6 Å². The number of amides is 1. The molecule has 3 N–H and O–H groups in total. The first-order chi connectivity index (χ1) is 32.7. The summed E-state index contributed by atoms with van der Waals surface area (Å²) in [4.78, 5) is 74.8. The number of carbonyl (C=O) groups is 5. The quantitative estimate of drug-likeness (QED) is 0.141. The van der Waals surface area contributed by atoms with Crippen LogP contribution in [0.1, 0.15) is 141 Å². The first-order valence-electron chi connectivity index (χ1n) is 25.4. The van der Waals surface area contributed by atoms with Gasteiger partial charge in [-0.05, 0) is 127 Å². The number of carbonyl (C=O) groups excluding carboxylic acids is 5. The highest BCUT2D eigenvalue weighted by Crippen LogP contribution is 2.41. The SMILES string of the molecule is CO[C@@H]1C[C@H](C[C@@H](C)[C@@H]2CC(=O)[C@H](C)/C=C(\C)[C@@H](O)[C@@H](OC)C(=O)[C@H](C)C[C@H](C)\C=C/C=C/C=C(\C)[C@@H](c3ccc(C)s3)C[C@@H]3CC[C@@H](C)[C@@](O)(O3)C(=O)C(=O)N3CCCC[C@H]3C(=O)O2)CC[C@H]1O. The van der Waals surface area contributed by atoms with Crippen molar-refractivity contribution in [2.45, 2.75) is 187 Å². The molecule has 1 aliphatic carbocycles. The molecule has 15 atom stereocenters. The number of nitrogens with zero attached hydrogens (tertiary/aromatic N) is 1. The molecule has 0 radical (unpaired) electrons. The fourth-order valence-electron chi connectivity index (χ4n) is 10.8. The third-order valence-corrected chi connectivity index (χ3v) is 16.5. The average Bonchev–Trinajstić information content (AvgIpc) is 3.76. The molecule has 5 rings (SSSR count). The lowest BCUT2D eigenvalue weighted by Crippen LogP contribution is -2.60. The molecule has 2 bridgehead atoms. The Morgan fingerprint density at radius 1 is 0.870 bits per heavy atom. The van der Waals surface area contributed by atoms with Crippen LogP contribution in [0.3, 0.4) is 0 Å². The van der Waals surface area contributed by atoms with Gasteiger partial charge in [0, 0.05) is 60.6 Å². The molecule has 13 nitrogen and oxygen atoms in total. The van der Waals surface area contributed by atoms with E-state index in [1.165, 1.54) is 12.0 Å². The Morgan fingerprint density at radius 3 is 2.29 bits per heavy atom. The number of ketones is 3. The van der Waals surface area contributed by atoms with Gasteiger partial charge in [0.05, 0.1) is 18.3 Å². The predicted octanol–water partition coefficient (Wildman–Crippen LogP) is 8.32. The highest BCUT2D eigenvalue weighted by Gasteiger charge is 2.53. The van der Waals surface area contributed by atoms with Crippen molar-refractivity contribution in [3.63, 3.8) is 0 Å². The fraction of sp³-hybridized carbons (Fsp3) is 0.691. The third-order valence-electron chi connectivity index (χ3n) is 15.4. The lowest BCUT2D eigenvalue weighted by atomic mass is 9.78. The first kappa shape index (κ1) is 56.3. The molecular formula is C55H81NO12S. The second-order valence-corrected chi connectivity index (χ2v) is 22.2.